The van der Waals surface area contributed by atoms with Gasteiger partial charge in [-0.15, -0.1) is 11.8 Å². The van der Waals surface area contributed by atoms with Gasteiger partial charge in [-0.1, -0.05) is 12.1 Å². The van der Waals surface area contributed by atoms with Crippen LogP contribution in [-0.2, 0) is 4.74 Å². The van der Waals surface area contributed by atoms with Crippen molar-refractivity contribution in [3.63, 3.8) is 0 Å². The van der Waals surface area contributed by atoms with Gasteiger partial charge in [-0.05, 0) is 37.3 Å². The number of carbonyl (C=O) groups excluding carboxylic acids is 1. The minimum absolute atomic E-state index is 0.151. The van der Waals surface area contributed by atoms with E-state index >= 15 is 0 Å². The molecule has 126 valence electrons. The number of anilines is 1. The fourth-order valence-corrected chi connectivity index (χ4v) is 3.05. The van der Waals surface area contributed by atoms with Gasteiger partial charge >= 0.3 is 0 Å². The standard InChI is InChI=1S/C18H20N2O3S/c1-24-16-7-3-2-6-15(16)20-18(21)13-8-9-17(19-11-13)23-12-14-5-4-10-22-14/h2-3,6-9,11,14H,4-5,10,12H2,1H3,(H,20,21)/t14-/m0/s1. The molecule has 1 aromatic heterocycles. The lowest BCUT2D eigenvalue weighted by Crippen LogP contribution is -2.17. The smallest absolute Gasteiger partial charge is 0.257 e. The van der Waals surface area contributed by atoms with E-state index in [0.717, 1.165) is 30.0 Å². The lowest BCUT2D eigenvalue weighted by Gasteiger charge is -2.11. The van der Waals surface area contributed by atoms with E-state index in [1.807, 2.05) is 30.5 Å². The fraction of sp³-hybridized carbons (Fsp3) is 0.333. The van der Waals surface area contributed by atoms with Crippen molar-refractivity contribution in [3.8, 4) is 5.88 Å². The molecule has 2 heterocycles. The van der Waals surface area contributed by atoms with E-state index in [-0.39, 0.29) is 12.0 Å². The lowest BCUT2D eigenvalue weighted by molar-refractivity contribution is 0.0663. The molecule has 6 heteroatoms. The number of nitrogens with one attached hydrogen (secondary N) is 1. The van der Waals surface area contributed by atoms with Crippen molar-refractivity contribution in [3.05, 3.63) is 48.2 Å². The molecule has 5 nitrogen and oxygen atoms in total. The molecule has 0 spiro atoms. The third-order valence-corrected chi connectivity index (χ3v) is 4.59. The summed E-state index contributed by atoms with van der Waals surface area (Å²) in [5, 5.41) is 2.91. The molecule has 1 N–H and O–H groups in total. The Balaban J connectivity index is 1.59. The predicted molar refractivity (Wildman–Crippen MR) is 94.9 cm³/mol. The summed E-state index contributed by atoms with van der Waals surface area (Å²) in [5.74, 6) is 0.321. The van der Waals surface area contributed by atoms with Gasteiger partial charge < -0.3 is 14.8 Å². The van der Waals surface area contributed by atoms with Crippen LogP contribution in [0.1, 0.15) is 23.2 Å². The van der Waals surface area contributed by atoms with Gasteiger partial charge in [0.15, 0.2) is 0 Å². The Hall–Kier alpha value is -2.05. The number of thioether (sulfide) groups is 1. The van der Waals surface area contributed by atoms with Crippen LogP contribution in [0.25, 0.3) is 0 Å². The van der Waals surface area contributed by atoms with E-state index in [1.54, 1.807) is 23.9 Å². The molecule has 1 aromatic carbocycles. The molecular formula is C18H20N2O3S. The van der Waals surface area contributed by atoms with E-state index in [1.165, 1.54) is 6.20 Å². The van der Waals surface area contributed by atoms with Crippen LogP contribution >= 0.6 is 11.8 Å². The summed E-state index contributed by atoms with van der Waals surface area (Å²) in [4.78, 5) is 17.6. The number of amides is 1. The molecule has 0 radical (unpaired) electrons. The number of hydrogen-bond donors (Lipinski definition) is 1. The van der Waals surface area contributed by atoms with Crippen LogP contribution in [0.2, 0.25) is 0 Å². The summed E-state index contributed by atoms with van der Waals surface area (Å²) in [6.45, 7) is 1.30. The Kier molecular flexibility index (Phi) is 5.72. The number of aromatic nitrogens is 1. The van der Waals surface area contributed by atoms with Crippen molar-refractivity contribution in [2.75, 3.05) is 24.8 Å². The number of para-hydroxylation sites is 1. The second-order valence-corrected chi connectivity index (χ2v) is 6.33. The van der Waals surface area contributed by atoms with Crippen molar-refractivity contribution in [1.29, 1.82) is 0 Å². The maximum absolute atomic E-state index is 12.3. The first-order valence-electron chi connectivity index (χ1n) is 7.91. The van der Waals surface area contributed by atoms with Crippen LogP contribution < -0.4 is 10.1 Å². The minimum Gasteiger partial charge on any atom is -0.475 e. The highest BCUT2D eigenvalue weighted by Gasteiger charge is 2.16. The number of pyridine rings is 1. The summed E-state index contributed by atoms with van der Waals surface area (Å²) >= 11 is 1.59. The van der Waals surface area contributed by atoms with Gasteiger partial charge in [-0.25, -0.2) is 4.98 Å². The topological polar surface area (TPSA) is 60.5 Å². The van der Waals surface area contributed by atoms with Gasteiger partial charge in [0, 0.05) is 23.8 Å². The molecule has 24 heavy (non-hydrogen) atoms. The molecule has 3 rings (SSSR count). The first-order valence-corrected chi connectivity index (χ1v) is 9.13. The van der Waals surface area contributed by atoms with Crippen molar-refractivity contribution in [1.82, 2.24) is 4.98 Å². The predicted octanol–water partition coefficient (Wildman–Crippen LogP) is 3.61. The van der Waals surface area contributed by atoms with Gasteiger partial charge in [0.1, 0.15) is 6.61 Å². The van der Waals surface area contributed by atoms with E-state index in [9.17, 15) is 4.79 Å². The van der Waals surface area contributed by atoms with E-state index in [4.69, 9.17) is 9.47 Å². The quantitative estimate of drug-likeness (QED) is 0.811. The summed E-state index contributed by atoms with van der Waals surface area (Å²) < 4.78 is 11.1. The van der Waals surface area contributed by atoms with Gasteiger partial charge in [0.25, 0.3) is 5.91 Å². The van der Waals surface area contributed by atoms with Gasteiger partial charge in [-0.3, -0.25) is 4.79 Å². The molecule has 1 saturated heterocycles. The van der Waals surface area contributed by atoms with Crippen LogP contribution in [0.5, 0.6) is 5.88 Å². The number of rotatable bonds is 6. The first kappa shape index (κ1) is 16.8. The van der Waals surface area contributed by atoms with Gasteiger partial charge in [0.2, 0.25) is 5.88 Å². The molecular weight excluding hydrogens is 324 g/mol. The van der Waals surface area contributed by atoms with Crippen LogP contribution in [0.15, 0.2) is 47.5 Å². The molecule has 1 aliphatic heterocycles. The normalized spacial score (nSPS) is 16.8. The molecule has 1 fully saturated rings. The van der Waals surface area contributed by atoms with Gasteiger partial charge in [-0.2, -0.15) is 0 Å². The summed E-state index contributed by atoms with van der Waals surface area (Å²) in [6.07, 6.45) is 5.76. The first-order chi connectivity index (χ1) is 11.8. The van der Waals surface area contributed by atoms with Crippen LogP contribution in [0.3, 0.4) is 0 Å². The summed E-state index contributed by atoms with van der Waals surface area (Å²) in [5.41, 5.74) is 1.30. The average Bonchev–Trinajstić information content (AvgIpc) is 3.14. The Labute approximate surface area is 145 Å². The second kappa shape index (κ2) is 8.17. The molecule has 2 aromatic rings. The molecule has 0 saturated carbocycles. The summed E-state index contributed by atoms with van der Waals surface area (Å²) in [6, 6.07) is 11.1. The molecule has 1 aliphatic rings. The molecule has 1 amide bonds. The number of hydrogen-bond acceptors (Lipinski definition) is 5. The Morgan fingerprint density at radius 2 is 2.25 bits per heavy atom. The largest absolute Gasteiger partial charge is 0.475 e. The number of benzene rings is 1. The highest BCUT2D eigenvalue weighted by molar-refractivity contribution is 7.98. The highest BCUT2D eigenvalue weighted by Crippen LogP contribution is 2.25. The highest BCUT2D eigenvalue weighted by atomic mass is 32.2. The SMILES string of the molecule is CSc1ccccc1NC(=O)c1ccc(OC[C@@H]2CCCO2)nc1. The number of carbonyl (C=O) groups is 1. The minimum atomic E-state index is -0.185. The maximum atomic E-state index is 12.3. The Morgan fingerprint density at radius 1 is 1.38 bits per heavy atom. The van der Waals surface area contributed by atoms with Crippen molar-refractivity contribution in [2.45, 2.75) is 23.8 Å². The van der Waals surface area contributed by atoms with Crippen molar-refractivity contribution < 1.29 is 14.3 Å². The maximum Gasteiger partial charge on any atom is 0.257 e. The van der Waals surface area contributed by atoms with E-state index in [0.29, 0.717) is 18.1 Å². The van der Waals surface area contributed by atoms with Gasteiger partial charge in [0.05, 0.1) is 17.4 Å². The molecule has 0 unspecified atom stereocenters. The van der Waals surface area contributed by atoms with E-state index < -0.39 is 0 Å². The van der Waals surface area contributed by atoms with Crippen LogP contribution in [-0.4, -0.2) is 36.5 Å². The lowest BCUT2D eigenvalue weighted by atomic mass is 10.2. The Morgan fingerprint density at radius 3 is 2.96 bits per heavy atom. The zero-order valence-electron chi connectivity index (χ0n) is 13.5. The number of ether oxygens (including phenoxy) is 2. The van der Waals surface area contributed by atoms with Crippen molar-refractivity contribution in [2.24, 2.45) is 0 Å². The second-order valence-electron chi connectivity index (χ2n) is 5.49. The van der Waals surface area contributed by atoms with Crippen molar-refractivity contribution >= 4 is 23.4 Å². The zero-order chi connectivity index (χ0) is 16.8. The molecule has 0 bridgehead atoms. The monoisotopic (exact) mass is 344 g/mol. The number of nitrogens with zero attached hydrogens (tertiary/aromatic N) is 1. The average molecular weight is 344 g/mol. The van der Waals surface area contributed by atoms with E-state index in [2.05, 4.69) is 10.3 Å². The third-order valence-electron chi connectivity index (χ3n) is 3.79. The zero-order valence-corrected chi connectivity index (χ0v) is 14.3. The summed E-state index contributed by atoms with van der Waals surface area (Å²) in [7, 11) is 0. The molecule has 1 atom stereocenters. The van der Waals surface area contributed by atoms with Crippen LogP contribution in [0.4, 0.5) is 5.69 Å². The third kappa shape index (κ3) is 4.27. The fourth-order valence-electron chi connectivity index (χ4n) is 2.50. The van der Waals surface area contributed by atoms with Crippen LogP contribution in [0, 0.1) is 0 Å². The molecule has 0 aliphatic carbocycles. The Bertz CT molecular complexity index is 685.